The van der Waals surface area contributed by atoms with Gasteiger partial charge in [0.1, 0.15) is 18.0 Å². The number of benzene rings is 1. The number of para-hydroxylation sites is 1. The van der Waals surface area contributed by atoms with Crippen molar-refractivity contribution in [1.29, 1.82) is 0 Å². The third-order valence-electron chi connectivity index (χ3n) is 3.49. The highest BCUT2D eigenvalue weighted by atomic mass is 16.6. The van der Waals surface area contributed by atoms with Crippen molar-refractivity contribution in [3.05, 3.63) is 29.8 Å². The van der Waals surface area contributed by atoms with Gasteiger partial charge in [0.25, 0.3) is 0 Å². The van der Waals surface area contributed by atoms with Gasteiger partial charge in [-0.25, -0.2) is 0 Å². The first-order valence-electron chi connectivity index (χ1n) is 7.29. The lowest BCUT2D eigenvalue weighted by atomic mass is 9.98. The standard InChI is InChI=1S/C10H14O.C6H10O3/c1-3-8(2)9-6-4-5-7-10(9)11;1(5-3-8-5)7-2-6-4-9-6/h4-8,11H,3H2,1-2H3;5-6H,1-4H2. The van der Waals surface area contributed by atoms with Gasteiger partial charge in [0.05, 0.1) is 26.4 Å². The minimum atomic E-state index is 0.392. The van der Waals surface area contributed by atoms with Gasteiger partial charge >= 0.3 is 0 Å². The second kappa shape index (κ2) is 7.62. The van der Waals surface area contributed by atoms with Crippen molar-refractivity contribution >= 4 is 0 Å². The zero-order valence-electron chi connectivity index (χ0n) is 12.2. The van der Waals surface area contributed by atoms with Gasteiger partial charge in [-0.3, -0.25) is 0 Å². The molecule has 4 nitrogen and oxygen atoms in total. The van der Waals surface area contributed by atoms with E-state index in [1.165, 1.54) is 0 Å². The first kappa shape index (κ1) is 15.3. The Bertz CT molecular complexity index is 387. The van der Waals surface area contributed by atoms with Gasteiger partial charge in [-0.05, 0) is 24.0 Å². The lowest BCUT2D eigenvalue weighted by Gasteiger charge is -2.09. The second-order valence-corrected chi connectivity index (χ2v) is 5.32. The van der Waals surface area contributed by atoms with Crippen molar-refractivity contribution in [2.75, 3.05) is 26.4 Å². The Morgan fingerprint density at radius 3 is 2.20 bits per heavy atom. The molecule has 2 fully saturated rings. The summed E-state index contributed by atoms with van der Waals surface area (Å²) in [5, 5.41) is 9.41. The number of phenols is 1. The Hall–Kier alpha value is -1.10. The van der Waals surface area contributed by atoms with Crippen LogP contribution in [0.2, 0.25) is 0 Å². The lowest BCUT2D eigenvalue weighted by molar-refractivity contribution is 0.102. The first-order valence-corrected chi connectivity index (χ1v) is 7.29. The van der Waals surface area contributed by atoms with Crippen LogP contribution in [0.1, 0.15) is 31.7 Å². The SMILES string of the molecule is C(OCC1CO1)C1CO1.CCC(C)c1ccccc1O. The van der Waals surface area contributed by atoms with E-state index in [1.54, 1.807) is 6.07 Å². The van der Waals surface area contributed by atoms with Gasteiger partial charge in [0.2, 0.25) is 0 Å². The van der Waals surface area contributed by atoms with Gasteiger partial charge in [0, 0.05) is 0 Å². The Morgan fingerprint density at radius 1 is 1.20 bits per heavy atom. The topological polar surface area (TPSA) is 54.5 Å². The van der Waals surface area contributed by atoms with Crippen molar-refractivity contribution in [3.8, 4) is 5.75 Å². The molecule has 4 heteroatoms. The van der Waals surface area contributed by atoms with Crippen molar-refractivity contribution < 1.29 is 19.3 Å². The Morgan fingerprint density at radius 2 is 1.75 bits per heavy atom. The molecule has 0 aliphatic carbocycles. The molecular weight excluding hydrogens is 256 g/mol. The molecule has 1 aromatic rings. The average molecular weight is 280 g/mol. The van der Waals surface area contributed by atoms with Crippen LogP contribution >= 0.6 is 0 Å². The van der Waals surface area contributed by atoms with E-state index < -0.39 is 0 Å². The summed E-state index contributed by atoms with van der Waals surface area (Å²) in [4.78, 5) is 0. The number of rotatable bonds is 6. The third-order valence-corrected chi connectivity index (χ3v) is 3.49. The molecule has 0 amide bonds. The predicted molar refractivity (Wildman–Crippen MR) is 77.1 cm³/mol. The highest BCUT2D eigenvalue weighted by Gasteiger charge is 2.26. The molecule has 112 valence electrons. The summed E-state index contributed by atoms with van der Waals surface area (Å²) in [7, 11) is 0. The number of epoxide rings is 2. The summed E-state index contributed by atoms with van der Waals surface area (Å²) in [6.07, 6.45) is 1.85. The molecule has 0 radical (unpaired) electrons. The number of phenolic OH excluding ortho intramolecular Hbond substituents is 1. The number of hydrogen-bond donors (Lipinski definition) is 1. The van der Waals surface area contributed by atoms with E-state index in [9.17, 15) is 5.11 Å². The number of hydrogen-bond acceptors (Lipinski definition) is 4. The van der Waals surface area contributed by atoms with E-state index in [4.69, 9.17) is 14.2 Å². The van der Waals surface area contributed by atoms with Gasteiger partial charge in [-0.15, -0.1) is 0 Å². The largest absolute Gasteiger partial charge is 0.508 e. The Labute approximate surface area is 120 Å². The molecule has 1 aromatic carbocycles. The van der Waals surface area contributed by atoms with Crippen LogP contribution in [0.4, 0.5) is 0 Å². The van der Waals surface area contributed by atoms with Crippen molar-refractivity contribution in [2.45, 2.75) is 38.4 Å². The normalized spacial score (nSPS) is 24.5. The van der Waals surface area contributed by atoms with Crippen molar-refractivity contribution in [2.24, 2.45) is 0 Å². The smallest absolute Gasteiger partial charge is 0.119 e. The lowest BCUT2D eigenvalue weighted by Crippen LogP contribution is -2.06. The number of aromatic hydroxyl groups is 1. The van der Waals surface area contributed by atoms with Crippen LogP contribution in [0.25, 0.3) is 0 Å². The van der Waals surface area contributed by atoms with Gasteiger partial charge in [-0.2, -0.15) is 0 Å². The van der Waals surface area contributed by atoms with E-state index in [0.29, 0.717) is 23.9 Å². The van der Waals surface area contributed by atoms with Crippen LogP contribution in [0.3, 0.4) is 0 Å². The summed E-state index contributed by atoms with van der Waals surface area (Å²) >= 11 is 0. The van der Waals surface area contributed by atoms with Crippen LogP contribution in [-0.2, 0) is 14.2 Å². The minimum Gasteiger partial charge on any atom is -0.508 e. The van der Waals surface area contributed by atoms with Crippen LogP contribution in [-0.4, -0.2) is 43.7 Å². The van der Waals surface area contributed by atoms with E-state index in [2.05, 4.69) is 13.8 Å². The van der Waals surface area contributed by atoms with Crippen LogP contribution in [0, 0.1) is 0 Å². The van der Waals surface area contributed by atoms with E-state index in [0.717, 1.165) is 38.4 Å². The zero-order valence-corrected chi connectivity index (χ0v) is 12.2. The van der Waals surface area contributed by atoms with E-state index in [-0.39, 0.29) is 0 Å². The fourth-order valence-electron chi connectivity index (χ4n) is 1.78. The molecule has 2 aliphatic heterocycles. The van der Waals surface area contributed by atoms with Crippen molar-refractivity contribution in [1.82, 2.24) is 0 Å². The van der Waals surface area contributed by atoms with Gasteiger partial charge in [-0.1, -0.05) is 32.0 Å². The minimum absolute atomic E-state index is 0.392. The number of ether oxygens (including phenoxy) is 3. The average Bonchev–Trinajstić information content (AvgIpc) is 3.34. The molecule has 2 heterocycles. The maximum atomic E-state index is 9.41. The summed E-state index contributed by atoms with van der Waals surface area (Å²) in [6, 6.07) is 7.52. The third kappa shape index (κ3) is 5.49. The van der Waals surface area contributed by atoms with Crippen molar-refractivity contribution in [3.63, 3.8) is 0 Å². The molecule has 3 atom stereocenters. The maximum Gasteiger partial charge on any atom is 0.119 e. The molecule has 2 aliphatic rings. The molecule has 0 bridgehead atoms. The first-order chi connectivity index (χ1) is 9.70. The highest BCUT2D eigenvalue weighted by molar-refractivity contribution is 5.34. The molecule has 0 aromatic heterocycles. The maximum absolute atomic E-state index is 9.41. The summed E-state index contributed by atoms with van der Waals surface area (Å²) in [5.74, 6) is 0.873. The summed E-state index contributed by atoms with van der Waals surface area (Å²) < 4.78 is 15.1. The summed E-state index contributed by atoms with van der Waals surface area (Å²) in [6.45, 7) is 7.50. The van der Waals surface area contributed by atoms with Gasteiger partial charge < -0.3 is 19.3 Å². The molecule has 0 spiro atoms. The van der Waals surface area contributed by atoms with Crippen LogP contribution in [0.15, 0.2) is 24.3 Å². The molecule has 20 heavy (non-hydrogen) atoms. The van der Waals surface area contributed by atoms with E-state index >= 15 is 0 Å². The second-order valence-electron chi connectivity index (χ2n) is 5.32. The summed E-state index contributed by atoms with van der Waals surface area (Å²) in [5.41, 5.74) is 1.05. The monoisotopic (exact) mass is 280 g/mol. The Kier molecular flexibility index (Phi) is 5.83. The fourth-order valence-corrected chi connectivity index (χ4v) is 1.78. The Balaban J connectivity index is 0.000000149. The molecule has 3 unspecified atom stereocenters. The van der Waals surface area contributed by atoms with E-state index in [1.807, 2.05) is 18.2 Å². The zero-order chi connectivity index (χ0) is 14.4. The van der Waals surface area contributed by atoms with Gasteiger partial charge in [0.15, 0.2) is 0 Å². The molecule has 1 N–H and O–H groups in total. The van der Waals surface area contributed by atoms with Crippen LogP contribution in [0.5, 0.6) is 5.75 Å². The molecule has 3 rings (SSSR count). The predicted octanol–water partition coefficient (Wildman–Crippen LogP) is 2.71. The van der Waals surface area contributed by atoms with Crippen LogP contribution < -0.4 is 0 Å². The quantitative estimate of drug-likeness (QED) is 0.814. The molecule has 0 saturated carbocycles. The fraction of sp³-hybridized carbons (Fsp3) is 0.625. The highest BCUT2D eigenvalue weighted by Crippen LogP contribution is 2.26. The molecule has 2 saturated heterocycles. The molecular formula is C16H24O4.